The van der Waals surface area contributed by atoms with Gasteiger partial charge in [-0.3, -0.25) is 0 Å². The highest BCUT2D eigenvalue weighted by Gasteiger charge is 1.96. The molecule has 1 heteroatoms. The number of aliphatic hydroxyl groups is 1. The van der Waals surface area contributed by atoms with Gasteiger partial charge in [0.25, 0.3) is 0 Å². The summed E-state index contributed by atoms with van der Waals surface area (Å²) in [5.74, 6) is 0. The fourth-order valence-electron chi connectivity index (χ4n) is 1.27. The minimum absolute atomic E-state index is 0.250. The third kappa shape index (κ3) is 5.87. The third-order valence-corrected chi connectivity index (χ3v) is 1.85. The minimum atomic E-state index is 0.250. The van der Waals surface area contributed by atoms with Crippen LogP contribution in [0.1, 0.15) is 18.1 Å². The molecule has 1 aromatic carbocycles. The summed E-state index contributed by atoms with van der Waals surface area (Å²) in [6.07, 6.45) is 5.76. The average molecular weight is 204 g/mol. The molecule has 0 saturated heterocycles. The van der Waals surface area contributed by atoms with E-state index in [0.717, 1.165) is 12.8 Å². The van der Waals surface area contributed by atoms with E-state index in [0.29, 0.717) is 0 Å². The van der Waals surface area contributed by atoms with Gasteiger partial charge in [-0.25, -0.2) is 0 Å². The number of hydrogen-bond acceptors (Lipinski definition) is 1. The molecule has 0 atom stereocenters. The monoisotopic (exact) mass is 204 g/mol. The molecule has 15 heavy (non-hydrogen) atoms. The summed E-state index contributed by atoms with van der Waals surface area (Å²) in [6, 6.07) is 8.40. The normalized spacial score (nSPS) is 8.67. The Morgan fingerprint density at radius 2 is 1.40 bits per heavy atom. The van der Waals surface area contributed by atoms with Gasteiger partial charge in [-0.05, 0) is 30.9 Å². The second-order valence-corrected chi connectivity index (χ2v) is 3.07. The zero-order chi connectivity index (χ0) is 11.5. The molecule has 1 aromatic rings. The first-order valence-electron chi connectivity index (χ1n) is 5.19. The number of allylic oxidation sites excluding steroid dienone is 2. The Kier molecular flexibility index (Phi) is 8.40. The van der Waals surface area contributed by atoms with Crippen LogP contribution in [0.15, 0.2) is 49.6 Å². The van der Waals surface area contributed by atoms with Crippen LogP contribution < -0.4 is 0 Å². The van der Waals surface area contributed by atoms with Gasteiger partial charge in [0.05, 0.1) is 0 Å². The lowest BCUT2D eigenvalue weighted by Crippen LogP contribution is -1.89. The maximum Gasteiger partial charge on any atom is 0.0402 e. The first kappa shape index (κ1) is 13.7. The molecule has 0 radical (unpaired) electrons. The van der Waals surface area contributed by atoms with E-state index >= 15 is 0 Å². The van der Waals surface area contributed by atoms with E-state index in [1.807, 2.05) is 12.2 Å². The van der Waals surface area contributed by atoms with Crippen LogP contribution in [-0.4, -0.2) is 11.7 Å². The second-order valence-electron chi connectivity index (χ2n) is 3.07. The molecule has 0 fully saturated rings. The van der Waals surface area contributed by atoms with Crippen molar-refractivity contribution < 1.29 is 5.11 Å². The number of hydrogen-bond donors (Lipinski definition) is 1. The van der Waals surface area contributed by atoms with Crippen LogP contribution in [0, 0.1) is 0 Å². The molecule has 82 valence electrons. The van der Waals surface area contributed by atoms with Crippen LogP contribution in [0.3, 0.4) is 0 Å². The Balaban J connectivity index is 0.000000583. The first-order chi connectivity index (χ1) is 7.29. The standard InChI is InChI=1S/C12H14.C2H6O/c1-3-7-11-9-5-6-10-12(11)8-4-2;1-2-3/h3-6,9-10H,1-2,7-8H2;3H,2H2,1H3. The lowest BCUT2D eigenvalue weighted by molar-refractivity contribution is 0.318. The lowest BCUT2D eigenvalue weighted by Gasteiger charge is -2.03. The Bertz CT molecular complexity index is 260. The molecular formula is C14H20O. The summed E-state index contributed by atoms with van der Waals surface area (Å²) in [5.41, 5.74) is 2.71. The Hall–Kier alpha value is -1.34. The molecule has 0 spiro atoms. The van der Waals surface area contributed by atoms with Crippen LogP contribution in [0.25, 0.3) is 0 Å². The van der Waals surface area contributed by atoms with E-state index in [1.165, 1.54) is 11.1 Å². The Labute approximate surface area is 92.8 Å². The molecule has 0 saturated carbocycles. The third-order valence-electron chi connectivity index (χ3n) is 1.85. The lowest BCUT2D eigenvalue weighted by atomic mass is 10.0. The highest BCUT2D eigenvalue weighted by molar-refractivity contribution is 5.30. The van der Waals surface area contributed by atoms with Crippen LogP contribution in [0.2, 0.25) is 0 Å². The largest absolute Gasteiger partial charge is 0.397 e. The van der Waals surface area contributed by atoms with Crippen molar-refractivity contribution in [1.82, 2.24) is 0 Å². The zero-order valence-corrected chi connectivity index (χ0v) is 9.45. The molecule has 0 bridgehead atoms. The minimum Gasteiger partial charge on any atom is -0.397 e. The van der Waals surface area contributed by atoms with Gasteiger partial charge < -0.3 is 5.11 Å². The van der Waals surface area contributed by atoms with Gasteiger partial charge >= 0.3 is 0 Å². The Morgan fingerprint density at radius 1 is 1.07 bits per heavy atom. The Morgan fingerprint density at radius 3 is 1.67 bits per heavy atom. The predicted octanol–water partition coefficient (Wildman–Crippen LogP) is 3.14. The predicted molar refractivity (Wildman–Crippen MR) is 67.0 cm³/mol. The summed E-state index contributed by atoms with van der Waals surface area (Å²) >= 11 is 0. The summed E-state index contributed by atoms with van der Waals surface area (Å²) in [4.78, 5) is 0. The maximum atomic E-state index is 7.57. The van der Waals surface area contributed by atoms with Crippen LogP contribution in [0.4, 0.5) is 0 Å². The highest BCUT2D eigenvalue weighted by Crippen LogP contribution is 2.10. The summed E-state index contributed by atoms with van der Waals surface area (Å²) < 4.78 is 0. The van der Waals surface area contributed by atoms with Crippen LogP contribution in [-0.2, 0) is 12.8 Å². The van der Waals surface area contributed by atoms with Crippen molar-refractivity contribution in [3.8, 4) is 0 Å². The van der Waals surface area contributed by atoms with Gasteiger partial charge in [-0.15, -0.1) is 13.2 Å². The average Bonchev–Trinajstić information content (AvgIpc) is 2.23. The van der Waals surface area contributed by atoms with Crippen LogP contribution >= 0.6 is 0 Å². The fraction of sp³-hybridized carbons (Fsp3) is 0.286. The van der Waals surface area contributed by atoms with E-state index in [9.17, 15) is 0 Å². The molecule has 0 amide bonds. The van der Waals surface area contributed by atoms with Gasteiger partial charge in [0, 0.05) is 6.61 Å². The van der Waals surface area contributed by atoms with E-state index in [1.54, 1.807) is 6.92 Å². The highest BCUT2D eigenvalue weighted by atomic mass is 16.2. The van der Waals surface area contributed by atoms with Gasteiger partial charge in [-0.1, -0.05) is 36.4 Å². The van der Waals surface area contributed by atoms with Crippen LogP contribution in [0.5, 0.6) is 0 Å². The molecular weight excluding hydrogens is 184 g/mol. The molecule has 0 aromatic heterocycles. The summed E-state index contributed by atoms with van der Waals surface area (Å²) in [7, 11) is 0. The molecule has 1 rings (SSSR count). The van der Waals surface area contributed by atoms with Crippen molar-refractivity contribution in [1.29, 1.82) is 0 Å². The topological polar surface area (TPSA) is 20.2 Å². The zero-order valence-electron chi connectivity index (χ0n) is 9.45. The summed E-state index contributed by atoms with van der Waals surface area (Å²) in [5, 5.41) is 7.57. The molecule has 0 unspecified atom stereocenters. The van der Waals surface area contributed by atoms with Gasteiger partial charge in [-0.2, -0.15) is 0 Å². The molecule has 0 aliphatic rings. The summed E-state index contributed by atoms with van der Waals surface area (Å²) in [6.45, 7) is 9.39. The van der Waals surface area contributed by atoms with E-state index in [2.05, 4.69) is 37.4 Å². The smallest absolute Gasteiger partial charge is 0.0402 e. The van der Waals surface area contributed by atoms with Crippen molar-refractivity contribution in [2.45, 2.75) is 19.8 Å². The number of rotatable bonds is 4. The van der Waals surface area contributed by atoms with Crippen molar-refractivity contribution in [3.63, 3.8) is 0 Å². The van der Waals surface area contributed by atoms with Crippen molar-refractivity contribution in [2.24, 2.45) is 0 Å². The van der Waals surface area contributed by atoms with E-state index in [4.69, 9.17) is 5.11 Å². The SMILES string of the molecule is C=CCc1ccccc1CC=C.CCO. The van der Waals surface area contributed by atoms with Crippen molar-refractivity contribution in [3.05, 3.63) is 60.7 Å². The van der Waals surface area contributed by atoms with Crippen molar-refractivity contribution >= 4 is 0 Å². The van der Waals surface area contributed by atoms with Crippen molar-refractivity contribution in [2.75, 3.05) is 6.61 Å². The maximum absolute atomic E-state index is 7.57. The van der Waals surface area contributed by atoms with Gasteiger partial charge in [0.2, 0.25) is 0 Å². The van der Waals surface area contributed by atoms with Gasteiger partial charge in [0.1, 0.15) is 0 Å². The molecule has 0 aliphatic heterocycles. The molecule has 0 heterocycles. The molecule has 1 nitrogen and oxygen atoms in total. The van der Waals surface area contributed by atoms with E-state index in [-0.39, 0.29) is 6.61 Å². The second kappa shape index (κ2) is 9.22. The fourth-order valence-corrected chi connectivity index (χ4v) is 1.27. The quantitative estimate of drug-likeness (QED) is 0.747. The molecule has 0 aliphatic carbocycles. The van der Waals surface area contributed by atoms with Gasteiger partial charge in [0.15, 0.2) is 0 Å². The number of aliphatic hydroxyl groups excluding tert-OH is 1. The number of benzene rings is 1. The van der Waals surface area contributed by atoms with E-state index < -0.39 is 0 Å². The first-order valence-corrected chi connectivity index (χ1v) is 5.19. The molecule has 1 N–H and O–H groups in total.